The molecule has 9 nitrogen and oxygen atoms in total. The molecule has 1 amide bonds. The Morgan fingerprint density at radius 1 is 0.974 bits per heavy atom. The van der Waals surface area contributed by atoms with Crippen molar-refractivity contribution < 1.29 is 36.9 Å². The monoisotopic (exact) mass is 564 g/mol. The number of ether oxygens (including phenoxy) is 4. The van der Waals surface area contributed by atoms with Crippen LogP contribution in [0.3, 0.4) is 0 Å². The first-order chi connectivity index (χ1) is 18.3. The average Bonchev–Trinajstić information content (AvgIpc) is 2.89. The van der Waals surface area contributed by atoms with Gasteiger partial charge in [-0.1, -0.05) is 0 Å². The van der Waals surface area contributed by atoms with Gasteiger partial charge in [0.25, 0.3) is 5.91 Å². The van der Waals surface area contributed by atoms with E-state index in [1.54, 1.807) is 19.2 Å². The summed E-state index contributed by atoms with van der Waals surface area (Å²) >= 11 is 0. The number of carbonyl (C=O) groups is 1. The Morgan fingerprint density at radius 3 is 2.28 bits per heavy atom. The first-order valence-electron chi connectivity index (χ1n) is 11.2. The summed E-state index contributed by atoms with van der Waals surface area (Å²) in [4.78, 5) is 19.9. The number of methoxy groups -OCH3 is 2. The highest BCUT2D eigenvalue weighted by molar-refractivity contribution is 6.01. The van der Waals surface area contributed by atoms with Gasteiger partial charge in [0.05, 0.1) is 25.4 Å². The Hall–Kier alpha value is -4.29. The largest absolute Gasteiger partial charge is 0.496 e. The maximum absolute atomic E-state index is 15.2. The predicted molar refractivity (Wildman–Crippen MR) is 140 cm³/mol. The molecule has 2 heterocycles. The fourth-order valence-electron chi connectivity index (χ4n) is 3.76. The topological polar surface area (TPSA) is 118 Å². The number of carbonyl (C=O) groups excluding carboxylic acids is 1. The van der Waals surface area contributed by atoms with Crippen LogP contribution < -0.4 is 30.0 Å². The van der Waals surface area contributed by atoms with Gasteiger partial charge in [0, 0.05) is 35.8 Å². The normalized spacial score (nSPS) is 10.6. The van der Waals surface area contributed by atoms with E-state index < -0.39 is 29.2 Å². The zero-order valence-electron chi connectivity index (χ0n) is 21.0. The lowest BCUT2D eigenvalue weighted by Gasteiger charge is -2.15. The van der Waals surface area contributed by atoms with Crippen molar-refractivity contribution in [3.63, 3.8) is 0 Å². The lowest BCUT2D eigenvalue weighted by molar-refractivity contribution is 0.0997. The number of amides is 1. The number of likely N-dealkylation sites (N-methyl/N-ethyl adjacent to an activating group) is 1. The maximum atomic E-state index is 15.2. The molecular weight excluding hydrogens is 541 g/mol. The van der Waals surface area contributed by atoms with E-state index in [1.807, 2.05) is 0 Å². The second-order valence-corrected chi connectivity index (χ2v) is 7.89. The van der Waals surface area contributed by atoms with Crippen LogP contribution in [0.15, 0.2) is 42.6 Å². The molecule has 0 atom stereocenters. The van der Waals surface area contributed by atoms with E-state index in [0.29, 0.717) is 35.6 Å². The number of fused-ring (bicyclic) bond motifs is 1. The number of nitrogens with zero attached hydrogens (tertiary/aromatic N) is 2. The molecule has 206 valence electrons. The number of pyridine rings is 2. The second kappa shape index (κ2) is 12.5. The molecule has 0 aliphatic heterocycles. The van der Waals surface area contributed by atoms with Crippen LogP contribution in [-0.4, -0.2) is 50.3 Å². The van der Waals surface area contributed by atoms with Gasteiger partial charge in [-0.05, 0) is 31.3 Å². The molecule has 2 aromatic carbocycles. The lowest BCUT2D eigenvalue weighted by atomic mass is 10.0. The maximum Gasteiger partial charge on any atom is 0.254 e. The molecule has 4 rings (SSSR count). The molecule has 13 heteroatoms. The van der Waals surface area contributed by atoms with Crippen molar-refractivity contribution >= 4 is 29.2 Å². The molecule has 4 aromatic rings. The Labute approximate surface area is 227 Å². The molecule has 0 bridgehead atoms. The Kier molecular flexibility index (Phi) is 9.38. The molecular formula is C26H24ClF3N4O5. The predicted octanol–water partition coefficient (Wildman–Crippen LogP) is 4.64. The van der Waals surface area contributed by atoms with Gasteiger partial charge in [-0.3, -0.25) is 9.78 Å². The van der Waals surface area contributed by atoms with Crippen LogP contribution in [0.1, 0.15) is 10.4 Å². The summed E-state index contributed by atoms with van der Waals surface area (Å²) in [5.41, 5.74) is 4.85. The summed E-state index contributed by atoms with van der Waals surface area (Å²) in [5.74, 6) is -4.40. The first-order valence-corrected chi connectivity index (χ1v) is 11.2. The van der Waals surface area contributed by atoms with Gasteiger partial charge in [-0.15, -0.1) is 12.4 Å². The van der Waals surface area contributed by atoms with E-state index in [4.69, 9.17) is 24.7 Å². The Balaban J connectivity index is 0.00000420. The number of rotatable bonds is 10. The van der Waals surface area contributed by atoms with E-state index >= 15 is 8.78 Å². The lowest BCUT2D eigenvalue weighted by Crippen LogP contribution is -2.16. The molecule has 0 aliphatic rings. The molecule has 0 saturated heterocycles. The highest BCUT2D eigenvalue weighted by Gasteiger charge is 2.23. The van der Waals surface area contributed by atoms with Gasteiger partial charge in [-0.25, -0.2) is 13.8 Å². The Bertz CT molecular complexity index is 1500. The fourth-order valence-corrected chi connectivity index (χ4v) is 3.76. The van der Waals surface area contributed by atoms with Gasteiger partial charge in [0.2, 0.25) is 5.95 Å². The van der Waals surface area contributed by atoms with E-state index in [1.165, 1.54) is 26.5 Å². The highest BCUT2D eigenvalue weighted by Crippen LogP contribution is 2.39. The highest BCUT2D eigenvalue weighted by atomic mass is 35.5. The van der Waals surface area contributed by atoms with E-state index in [0.717, 1.165) is 18.2 Å². The summed E-state index contributed by atoms with van der Waals surface area (Å²) < 4.78 is 66.1. The fraction of sp³-hybridized carbons (Fsp3) is 0.192. The summed E-state index contributed by atoms with van der Waals surface area (Å²) in [6.45, 7) is 0.978. The van der Waals surface area contributed by atoms with Gasteiger partial charge in [0.1, 0.15) is 23.7 Å². The van der Waals surface area contributed by atoms with E-state index in [2.05, 4.69) is 15.3 Å². The molecule has 0 saturated carbocycles. The van der Waals surface area contributed by atoms with Gasteiger partial charge in [-0.2, -0.15) is 4.39 Å². The molecule has 0 unspecified atom stereocenters. The third-order valence-electron chi connectivity index (χ3n) is 5.50. The zero-order chi connectivity index (χ0) is 27.4. The molecule has 39 heavy (non-hydrogen) atoms. The van der Waals surface area contributed by atoms with Crippen LogP contribution in [0.4, 0.5) is 13.2 Å². The third-order valence-corrected chi connectivity index (χ3v) is 5.50. The van der Waals surface area contributed by atoms with Crippen molar-refractivity contribution in [1.29, 1.82) is 0 Å². The standard InChI is InChI=1S/C26H23F3N4O5.ClH/c1-31-6-7-37-20-11-17-14(10-19(20)35-2)18(4-5-32-17)38-25-15(27)8-13(9-16(25)28)24-23(26(30)34)21(36-3)12-22(29)33-24;/h4-5,8-12,31H,6-7H2,1-3H3,(H2,30,34);1H. The van der Waals surface area contributed by atoms with Gasteiger partial charge < -0.3 is 30.0 Å². The van der Waals surface area contributed by atoms with Crippen molar-refractivity contribution in [2.24, 2.45) is 5.73 Å². The van der Waals surface area contributed by atoms with Crippen molar-refractivity contribution in [2.75, 3.05) is 34.4 Å². The number of nitrogens with one attached hydrogen (secondary N) is 1. The van der Waals surface area contributed by atoms with Crippen molar-refractivity contribution in [3.8, 4) is 40.0 Å². The number of hydrogen-bond donors (Lipinski definition) is 2. The van der Waals surface area contributed by atoms with Crippen molar-refractivity contribution in [3.05, 3.63) is 65.7 Å². The van der Waals surface area contributed by atoms with Crippen LogP contribution in [-0.2, 0) is 0 Å². The summed E-state index contributed by atoms with van der Waals surface area (Å²) in [6.07, 6.45) is 1.41. The minimum Gasteiger partial charge on any atom is -0.496 e. The smallest absolute Gasteiger partial charge is 0.254 e. The van der Waals surface area contributed by atoms with E-state index in [9.17, 15) is 9.18 Å². The van der Waals surface area contributed by atoms with Gasteiger partial charge in [0.15, 0.2) is 28.9 Å². The molecule has 0 spiro atoms. The van der Waals surface area contributed by atoms with Crippen molar-refractivity contribution in [2.45, 2.75) is 0 Å². The number of aromatic nitrogens is 2. The number of hydrogen-bond acceptors (Lipinski definition) is 8. The van der Waals surface area contributed by atoms with Crippen LogP contribution in [0, 0.1) is 17.6 Å². The molecule has 0 fully saturated rings. The van der Waals surface area contributed by atoms with Crippen molar-refractivity contribution in [1.82, 2.24) is 15.3 Å². The summed E-state index contributed by atoms with van der Waals surface area (Å²) in [5, 5.41) is 3.37. The minimum atomic E-state index is -1.13. The minimum absolute atomic E-state index is 0. The number of nitrogens with two attached hydrogens (primary N) is 1. The summed E-state index contributed by atoms with van der Waals surface area (Å²) in [7, 11) is 4.44. The average molecular weight is 565 g/mol. The summed E-state index contributed by atoms with van der Waals surface area (Å²) in [6, 6.07) is 7.18. The number of halogens is 4. The number of primary amides is 1. The molecule has 0 aliphatic carbocycles. The molecule has 3 N–H and O–H groups in total. The molecule has 0 radical (unpaired) electrons. The number of benzene rings is 2. The van der Waals surface area contributed by atoms with Gasteiger partial charge >= 0.3 is 0 Å². The quantitative estimate of drug-likeness (QED) is 0.211. The van der Waals surface area contributed by atoms with Crippen LogP contribution in [0.25, 0.3) is 22.2 Å². The zero-order valence-corrected chi connectivity index (χ0v) is 21.8. The third kappa shape index (κ3) is 6.07. The van der Waals surface area contributed by atoms with Crippen LogP contribution in [0.5, 0.6) is 28.7 Å². The SMILES string of the molecule is CNCCOc1cc2nccc(Oc3c(F)cc(-c4nc(F)cc(OC)c4C(N)=O)cc3F)c2cc1OC.Cl. The van der Waals surface area contributed by atoms with Crippen LogP contribution in [0.2, 0.25) is 0 Å². The van der Waals surface area contributed by atoms with E-state index in [-0.39, 0.29) is 40.7 Å². The van der Waals surface area contributed by atoms with Crippen LogP contribution >= 0.6 is 12.4 Å². The second-order valence-electron chi connectivity index (χ2n) is 7.89. The Morgan fingerprint density at radius 2 is 1.67 bits per heavy atom. The first kappa shape index (κ1) is 29.3. The molecule has 2 aromatic heterocycles.